The van der Waals surface area contributed by atoms with Crippen molar-refractivity contribution in [2.45, 2.75) is 11.4 Å². The summed E-state index contributed by atoms with van der Waals surface area (Å²) in [6.07, 6.45) is 2.81. The van der Waals surface area contributed by atoms with Crippen molar-refractivity contribution in [2.24, 2.45) is 5.73 Å². The zero-order valence-electron chi connectivity index (χ0n) is 5.12. The largest absolute Gasteiger partial charge is 0.324 e. The van der Waals surface area contributed by atoms with Gasteiger partial charge in [-0.25, -0.2) is 9.97 Å². The van der Waals surface area contributed by atoms with Gasteiger partial charge in [0.15, 0.2) is 0 Å². The maximum atomic E-state index is 11.8. The van der Waals surface area contributed by atoms with Gasteiger partial charge < -0.3 is 5.73 Å². The zero-order valence-corrected chi connectivity index (χ0v) is 5.94. The highest BCUT2D eigenvalue weighted by atomic mass is 32.2. The van der Waals surface area contributed by atoms with Crippen molar-refractivity contribution in [3.05, 3.63) is 18.2 Å². The van der Waals surface area contributed by atoms with E-state index in [4.69, 9.17) is 5.73 Å². The molecular formula is C5H6FN3S. The minimum absolute atomic E-state index is 0.122. The number of nitrogens with zero attached hydrogens (tertiary/aromatic N) is 2. The Morgan fingerprint density at radius 3 is 2.50 bits per heavy atom. The SMILES string of the molecule is NCc1ncc(SF)cn1. The van der Waals surface area contributed by atoms with Gasteiger partial charge in [0.2, 0.25) is 0 Å². The second-order valence-corrected chi connectivity index (χ2v) is 2.24. The summed E-state index contributed by atoms with van der Waals surface area (Å²) in [7, 11) is 0. The van der Waals surface area contributed by atoms with Crippen LogP contribution in [0.3, 0.4) is 0 Å². The number of hydrogen-bond acceptors (Lipinski definition) is 4. The predicted molar refractivity (Wildman–Crippen MR) is 36.9 cm³/mol. The van der Waals surface area contributed by atoms with E-state index in [1.54, 1.807) is 0 Å². The Kier molecular flexibility index (Phi) is 2.58. The van der Waals surface area contributed by atoms with Crippen LogP contribution >= 0.6 is 12.1 Å². The van der Waals surface area contributed by atoms with Crippen molar-refractivity contribution in [3.63, 3.8) is 0 Å². The number of hydrogen-bond donors (Lipinski definition) is 1. The van der Waals surface area contributed by atoms with Crippen LogP contribution < -0.4 is 5.73 Å². The lowest BCUT2D eigenvalue weighted by Gasteiger charge is -1.93. The maximum absolute atomic E-state index is 11.8. The van der Waals surface area contributed by atoms with Crippen molar-refractivity contribution in [1.82, 2.24) is 9.97 Å². The Labute approximate surface area is 62.2 Å². The van der Waals surface area contributed by atoms with Gasteiger partial charge in [0.25, 0.3) is 0 Å². The molecule has 2 N–H and O–H groups in total. The quantitative estimate of drug-likeness (QED) is 0.697. The van der Waals surface area contributed by atoms with Crippen molar-refractivity contribution in [1.29, 1.82) is 0 Å². The fourth-order valence-corrected chi connectivity index (χ4v) is 0.673. The van der Waals surface area contributed by atoms with Crippen LogP contribution in [0.5, 0.6) is 0 Å². The third kappa shape index (κ3) is 1.65. The molecule has 0 saturated heterocycles. The van der Waals surface area contributed by atoms with E-state index in [-0.39, 0.29) is 18.7 Å². The Morgan fingerprint density at radius 1 is 1.50 bits per heavy atom. The molecule has 1 aromatic heterocycles. The lowest BCUT2D eigenvalue weighted by Crippen LogP contribution is -2.01. The molecule has 0 bridgehead atoms. The fraction of sp³-hybridized carbons (Fsp3) is 0.200. The van der Waals surface area contributed by atoms with Crippen molar-refractivity contribution in [2.75, 3.05) is 0 Å². The molecule has 0 aliphatic heterocycles. The molecule has 10 heavy (non-hydrogen) atoms. The third-order valence-electron chi connectivity index (χ3n) is 0.953. The Morgan fingerprint density at radius 2 is 2.10 bits per heavy atom. The standard InChI is InChI=1S/C5H6FN3S/c6-10-4-2-8-5(1-7)9-3-4/h2-3H,1,7H2. The summed E-state index contributed by atoms with van der Waals surface area (Å²) in [5.74, 6) is 0.526. The van der Waals surface area contributed by atoms with Crippen LogP contribution in [-0.4, -0.2) is 9.97 Å². The molecule has 0 fully saturated rings. The van der Waals surface area contributed by atoms with Gasteiger partial charge in [0, 0.05) is 12.4 Å². The summed E-state index contributed by atoms with van der Waals surface area (Å²) in [4.78, 5) is 7.94. The average Bonchev–Trinajstić information content (AvgIpc) is 2.05. The number of rotatable bonds is 2. The van der Waals surface area contributed by atoms with Crippen LogP contribution in [0.25, 0.3) is 0 Å². The Hall–Kier alpha value is -0.680. The second kappa shape index (κ2) is 3.48. The Balaban J connectivity index is 2.80. The maximum Gasteiger partial charge on any atom is 0.141 e. The third-order valence-corrected chi connectivity index (χ3v) is 1.34. The summed E-state index contributed by atoms with van der Waals surface area (Å²) in [5.41, 5.74) is 5.22. The van der Waals surface area contributed by atoms with E-state index in [0.717, 1.165) is 0 Å². The average molecular weight is 159 g/mol. The molecule has 0 saturated carbocycles. The van der Waals surface area contributed by atoms with Gasteiger partial charge in [0.05, 0.1) is 23.6 Å². The molecule has 0 aromatic carbocycles. The highest BCUT2D eigenvalue weighted by Gasteiger charge is 1.94. The molecule has 0 spiro atoms. The van der Waals surface area contributed by atoms with Crippen LogP contribution in [0.1, 0.15) is 5.82 Å². The Bertz CT molecular complexity index is 178. The molecule has 0 aliphatic carbocycles. The first-order valence-electron chi connectivity index (χ1n) is 2.66. The molecule has 1 rings (SSSR count). The lowest BCUT2D eigenvalue weighted by atomic mass is 10.5. The number of halogens is 1. The van der Waals surface area contributed by atoms with Crippen LogP contribution in [0.2, 0.25) is 0 Å². The van der Waals surface area contributed by atoms with Gasteiger partial charge in [-0.3, -0.25) is 0 Å². The molecule has 54 valence electrons. The summed E-state index contributed by atoms with van der Waals surface area (Å²) >= 11 is 0.122. The monoisotopic (exact) mass is 159 g/mol. The van der Waals surface area contributed by atoms with Crippen molar-refractivity contribution < 1.29 is 3.89 Å². The van der Waals surface area contributed by atoms with Crippen LogP contribution in [0.4, 0.5) is 3.89 Å². The lowest BCUT2D eigenvalue weighted by molar-refractivity contribution is 0.877. The van der Waals surface area contributed by atoms with E-state index in [2.05, 4.69) is 9.97 Å². The van der Waals surface area contributed by atoms with E-state index in [1.165, 1.54) is 12.4 Å². The highest BCUT2D eigenvalue weighted by molar-refractivity contribution is 7.94. The summed E-state index contributed by atoms with van der Waals surface area (Å²) in [6, 6.07) is 0. The molecule has 1 aromatic rings. The van der Waals surface area contributed by atoms with Gasteiger partial charge in [-0.05, 0) is 0 Å². The molecule has 0 amide bonds. The summed E-state index contributed by atoms with van der Waals surface area (Å²) in [5, 5.41) is 0. The van der Waals surface area contributed by atoms with Gasteiger partial charge in [-0.15, -0.1) is 0 Å². The van der Waals surface area contributed by atoms with Crippen LogP contribution in [0, 0.1) is 0 Å². The van der Waals surface area contributed by atoms with Gasteiger partial charge in [-0.2, -0.15) is 3.89 Å². The van der Waals surface area contributed by atoms with E-state index >= 15 is 0 Å². The van der Waals surface area contributed by atoms with E-state index in [9.17, 15) is 3.89 Å². The predicted octanol–water partition coefficient (Wildman–Crippen LogP) is 0.912. The molecule has 0 atom stereocenters. The minimum atomic E-state index is 0.122. The van der Waals surface area contributed by atoms with E-state index in [1.807, 2.05) is 0 Å². The van der Waals surface area contributed by atoms with E-state index in [0.29, 0.717) is 10.7 Å². The zero-order chi connectivity index (χ0) is 7.40. The molecule has 5 heteroatoms. The van der Waals surface area contributed by atoms with Crippen molar-refractivity contribution in [3.8, 4) is 0 Å². The summed E-state index contributed by atoms with van der Waals surface area (Å²) < 4.78 is 11.8. The first kappa shape index (κ1) is 7.43. The summed E-state index contributed by atoms with van der Waals surface area (Å²) in [6.45, 7) is 0.289. The topological polar surface area (TPSA) is 51.8 Å². The normalized spacial score (nSPS) is 9.80. The van der Waals surface area contributed by atoms with Gasteiger partial charge >= 0.3 is 0 Å². The molecule has 0 radical (unpaired) electrons. The number of aromatic nitrogens is 2. The molecule has 1 heterocycles. The van der Waals surface area contributed by atoms with Gasteiger partial charge in [0.1, 0.15) is 5.82 Å². The number of nitrogens with two attached hydrogens (primary N) is 1. The smallest absolute Gasteiger partial charge is 0.141 e. The second-order valence-electron chi connectivity index (χ2n) is 1.62. The van der Waals surface area contributed by atoms with Crippen molar-refractivity contribution >= 4 is 12.1 Å². The molecule has 0 aliphatic rings. The van der Waals surface area contributed by atoms with E-state index < -0.39 is 0 Å². The van der Waals surface area contributed by atoms with Crippen LogP contribution in [-0.2, 0) is 6.54 Å². The first-order chi connectivity index (χ1) is 4.86. The minimum Gasteiger partial charge on any atom is -0.324 e. The highest BCUT2D eigenvalue weighted by Crippen LogP contribution is 2.15. The molecule has 0 unspecified atom stereocenters. The molecule has 3 nitrogen and oxygen atoms in total. The first-order valence-corrected chi connectivity index (χ1v) is 3.38. The van der Waals surface area contributed by atoms with Gasteiger partial charge in [-0.1, -0.05) is 0 Å². The fourth-order valence-electron chi connectivity index (χ4n) is 0.488. The van der Waals surface area contributed by atoms with Crippen LogP contribution in [0.15, 0.2) is 17.3 Å². The molecular weight excluding hydrogens is 153 g/mol.